The van der Waals surface area contributed by atoms with Gasteiger partial charge >= 0.3 is 0 Å². The number of piperazine rings is 1. The standard InChI is InChI=1S/C19H28N4O4S/c1-16(24)22-12-10-21(11-13-22)15-19(25)20-17-6-5-7-18(14-17)28(26,27)23-8-3-2-4-9-23/h5-7,14H,2-4,8-13,15H2,1H3,(H,20,25)/p+1. The van der Waals surface area contributed by atoms with Gasteiger partial charge in [-0.25, -0.2) is 8.42 Å². The number of nitrogens with zero attached hydrogens (tertiary/aromatic N) is 2. The lowest BCUT2D eigenvalue weighted by Gasteiger charge is -2.31. The van der Waals surface area contributed by atoms with E-state index in [2.05, 4.69) is 5.32 Å². The Kier molecular flexibility index (Phi) is 6.69. The summed E-state index contributed by atoms with van der Waals surface area (Å²) < 4.78 is 27.1. The maximum atomic E-state index is 12.8. The first kappa shape index (κ1) is 20.8. The molecule has 8 nitrogen and oxygen atoms in total. The predicted octanol–water partition coefficient (Wildman–Crippen LogP) is -0.453. The number of nitrogens with one attached hydrogen (secondary N) is 2. The molecule has 2 fully saturated rings. The second-order valence-electron chi connectivity index (χ2n) is 7.47. The summed E-state index contributed by atoms with van der Waals surface area (Å²) in [6.45, 7) is 5.73. The fraction of sp³-hybridized carbons (Fsp3) is 0.579. The number of hydrogen-bond donors (Lipinski definition) is 2. The second-order valence-corrected chi connectivity index (χ2v) is 9.41. The zero-order valence-electron chi connectivity index (χ0n) is 16.3. The number of sulfonamides is 1. The van der Waals surface area contributed by atoms with Gasteiger partial charge in [0.05, 0.1) is 31.1 Å². The molecule has 2 heterocycles. The van der Waals surface area contributed by atoms with Crippen LogP contribution in [-0.4, -0.2) is 75.3 Å². The topological polar surface area (TPSA) is 91.2 Å². The summed E-state index contributed by atoms with van der Waals surface area (Å²) in [4.78, 5) is 26.9. The Morgan fingerprint density at radius 3 is 2.39 bits per heavy atom. The zero-order chi connectivity index (χ0) is 20.1. The van der Waals surface area contributed by atoms with E-state index in [1.807, 2.05) is 0 Å². The number of piperidine rings is 1. The van der Waals surface area contributed by atoms with E-state index in [-0.39, 0.29) is 16.7 Å². The van der Waals surface area contributed by atoms with Gasteiger partial charge in [0.2, 0.25) is 15.9 Å². The molecule has 154 valence electrons. The highest BCUT2D eigenvalue weighted by Crippen LogP contribution is 2.22. The monoisotopic (exact) mass is 409 g/mol. The van der Waals surface area contributed by atoms with Gasteiger partial charge in [-0.3, -0.25) is 9.59 Å². The SMILES string of the molecule is CC(=O)N1CC[NH+](CC(=O)Nc2cccc(S(=O)(=O)N3CCCCC3)c2)CC1. The molecule has 1 aromatic carbocycles. The van der Waals surface area contributed by atoms with Crippen LogP contribution in [-0.2, 0) is 19.6 Å². The molecule has 0 saturated carbocycles. The van der Waals surface area contributed by atoms with Crippen molar-refractivity contribution < 1.29 is 22.9 Å². The van der Waals surface area contributed by atoms with Crippen molar-refractivity contribution in [3.63, 3.8) is 0 Å². The normalized spacial score (nSPS) is 19.4. The number of benzene rings is 1. The summed E-state index contributed by atoms with van der Waals surface area (Å²) in [6.07, 6.45) is 2.83. The van der Waals surface area contributed by atoms with Gasteiger partial charge in [0.25, 0.3) is 5.91 Å². The number of amides is 2. The summed E-state index contributed by atoms with van der Waals surface area (Å²) in [5.41, 5.74) is 0.491. The predicted molar refractivity (Wildman–Crippen MR) is 105 cm³/mol. The van der Waals surface area contributed by atoms with Crippen molar-refractivity contribution >= 4 is 27.5 Å². The van der Waals surface area contributed by atoms with Crippen molar-refractivity contribution in [3.05, 3.63) is 24.3 Å². The van der Waals surface area contributed by atoms with E-state index in [9.17, 15) is 18.0 Å². The smallest absolute Gasteiger partial charge is 0.279 e. The lowest BCUT2D eigenvalue weighted by atomic mass is 10.2. The Hall–Kier alpha value is -1.97. The summed E-state index contributed by atoms with van der Waals surface area (Å²) in [6, 6.07) is 6.47. The number of rotatable bonds is 5. The third kappa shape index (κ3) is 5.09. The van der Waals surface area contributed by atoms with Gasteiger partial charge in [0.1, 0.15) is 0 Å². The highest BCUT2D eigenvalue weighted by Gasteiger charge is 2.27. The molecule has 0 radical (unpaired) electrons. The fourth-order valence-corrected chi connectivity index (χ4v) is 5.30. The van der Waals surface area contributed by atoms with Crippen LogP contribution in [0.4, 0.5) is 5.69 Å². The van der Waals surface area contributed by atoms with Crippen LogP contribution >= 0.6 is 0 Å². The van der Waals surface area contributed by atoms with E-state index in [4.69, 9.17) is 0 Å². The van der Waals surface area contributed by atoms with Crippen LogP contribution in [0.1, 0.15) is 26.2 Å². The Morgan fingerprint density at radius 2 is 1.75 bits per heavy atom. The third-order valence-corrected chi connectivity index (χ3v) is 7.29. The first-order valence-corrected chi connectivity index (χ1v) is 11.3. The van der Waals surface area contributed by atoms with Crippen molar-refractivity contribution in [2.75, 3.05) is 51.1 Å². The number of carbonyl (C=O) groups excluding carboxylic acids is 2. The second kappa shape index (κ2) is 9.02. The number of quaternary nitrogens is 1. The summed E-state index contributed by atoms with van der Waals surface area (Å²) >= 11 is 0. The Labute approximate surface area is 166 Å². The summed E-state index contributed by atoms with van der Waals surface area (Å²) in [7, 11) is -3.52. The molecule has 3 rings (SSSR count). The molecule has 2 saturated heterocycles. The van der Waals surface area contributed by atoms with E-state index < -0.39 is 10.0 Å². The van der Waals surface area contributed by atoms with Crippen molar-refractivity contribution in [1.29, 1.82) is 0 Å². The van der Waals surface area contributed by atoms with Crippen LogP contribution in [0.2, 0.25) is 0 Å². The lowest BCUT2D eigenvalue weighted by molar-refractivity contribution is -0.895. The fourth-order valence-electron chi connectivity index (χ4n) is 3.74. The molecule has 0 aromatic heterocycles. The van der Waals surface area contributed by atoms with Crippen LogP contribution in [0.3, 0.4) is 0 Å². The molecule has 9 heteroatoms. The Bertz CT molecular complexity index is 813. The first-order chi connectivity index (χ1) is 13.4. The maximum absolute atomic E-state index is 12.8. The van der Waals surface area contributed by atoms with Crippen LogP contribution in [0.15, 0.2) is 29.2 Å². The summed E-state index contributed by atoms with van der Waals surface area (Å²) in [5, 5.41) is 2.82. The molecule has 0 aliphatic carbocycles. The molecule has 2 amide bonds. The molecular formula is C19H29N4O4S+. The lowest BCUT2D eigenvalue weighted by Crippen LogP contribution is -3.15. The van der Waals surface area contributed by atoms with Gasteiger partial charge in [0, 0.05) is 25.7 Å². The number of hydrogen-bond acceptors (Lipinski definition) is 4. The minimum atomic E-state index is -3.52. The molecule has 0 bridgehead atoms. The van der Waals surface area contributed by atoms with Crippen molar-refractivity contribution in [2.24, 2.45) is 0 Å². The van der Waals surface area contributed by atoms with Gasteiger partial charge in [-0.2, -0.15) is 4.31 Å². The average Bonchev–Trinajstić information content (AvgIpc) is 2.69. The van der Waals surface area contributed by atoms with E-state index in [1.165, 1.54) is 10.4 Å². The molecule has 28 heavy (non-hydrogen) atoms. The van der Waals surface area contributed by atoms with E-state index in [0.29, 0.717) is 38.4 Å². The van der Waals surface area contributed by atoms with E-state index >= 15 is 0 Å². The first-order valence-electron chi connectivity index (χ1n) is 9.85. The molecule has 0 atom stereocenters. The number of carbonyl (C=O) groups is 2. The van der Waals surface area contributed by atoms with Crippen molar-refractivity contribution in [1.82, 2.24) is 9.21 Å². The third-order valence-electron chi connectivity index (χ3n) is 5.40. The van der Waals surface area contributed by atoms with Crippen molar-refractivity contribution in [2.45, 2.75) is 31.1 Å². The number of anilines is 1. The van der Waals surface area contributed by atoms with E-state index in [0.717, 1.165) is 37.3 Å². The van der Waals surface area contributed by atoms with Gasteiger partial charge in [-0.15, -0.1) is 0 Å². The minimum Gasteiger partial charge on any atom is -0.332 e. The molecule has 2 N–H and O–H groups in total. The molecule has 2 aliphatic heterocycles. The minimum absolute atomic E-state index is 0.0650. The largest absolute Gasteiger partial charge is 0.332 e. The quantitative estimate of drug-likeness (QED) is 0.689. The van der Waals surface area contributed by atoms with E-state index in [1.54, 1.807) is 30.0 Å². The van der Waals surface area contributed by atoms with Gasteiger partial charge in [-0.05, 0) is 31.0 Å². The Morgan fingerprint density at radius 1 is 1.07 bits per heavy atom. The summed E-state index contributed by atoms with van der Waals surface area (Å²) in [5.74, 6) is -0.0889. The van der Waals surface area contributed by atoms with Crippen LogP contribution in [0.5, 0.6) is 0 Å². The molecular weight excluding hydrogens is 380 g/mol. The maximum Gasteiger partial charge on any atom is 0.279 e. The van der Waals surface area contributed by atoms with Crippen LogP contribution < -0.4 is 10.2 Å². The van der Waals surface area contributed by atoms with Gasteiger partial charge in [0.15, 0.2) is 6.54 Å². The molecule has 0 unspecified atom stereocenters. The van der Waals surface area contributed by atoms with Crippen LogP contribution in [0, 0.1) is 0 Å². The van der Waals surface area contributed by atoms with Gasteiger partial charge in [-0.1, -0.05) is 12.5 Å². The highest BCUT2D eigenvalue weighted by atomic mass is 32.2. The Balaban J connectivity index is 1.58. The molecule has 1 aromatic rings. The average molecular weight is 410 g/mol. The molecule has 0 spiro atoms. The zero-order valence-corrected chi connectivity index (χ0v) is 17.1. The highest BCUT2D eigenvalue weighted by molar-refractivity contribution is 7.89. The molecule has 2 aliphatic rings. The van der Waals surface area contributed by atoms with Crippen molar-refractivity contribution in [3.8, 4) is 0 Å². The van der Waals surface area contributed by atoms with Crippen LogP contribution in [0.25, 0.3) is 0 Å². The van der Waals surface area contributed by atoms with Gasteiger partial charge < -0.3 is 15.1 Å².